The number of thiophene rings is 1. The molecule has 0 unspecified atom stereocenters. The monoisotopic (exact) mass is 467 g/mol. The summed E-state index contributed by atoms with van der Waals surface area (Å²) in [6.07, 6.45) is 2.75. The third-order valence-corrected chi connectivity index (χ3v) is 6.70. The average molecular weight is 468 g/mol. The van der Waals surface area contributed by atoms with E-state index in [-0.39, 0.29) is 16.9 Å². The van der Waals surface area contributed by atoms with Gasteiger partial charge in [-0.25, -0.2) is 9.67 Å². The lowest BCUT2D eigenvalue weighted by atomic mass is 10.1. The van der Waals surface area contributed by atoms with Crippen LogP contribution in [0.25, 0.3) is 20.7 Å². The number of unbranched alkanes of at least 4 members (excludes halogenated alkanes) is 2. The van der Waals surface area contributed by atoms with E-state index < -0.39 is 11.8 Å². The van der Waals surface area contributed by atoms with Crippen molar-refractivity contribution in [2.24, 2.45) is 0 Å². The molecule has 3 heterocycles. The Hall–Kier alpha value is -3.37. The van der Waals surface area contributed by atoms with Crippen molar-refractivity contribution in [3.63, 3.8) is 0 Å². The third kappa shape index (κ3) is 4.61. The lowest BCUT2D eigenvalue weighted by Crippen LogP contribution is -2.43. The second kappa shape index (κ2) is 9.84. The first-order chi connectivity index (χ1) is 15.6. The highest BCUT2D eigenvalue weighted by atomic mass is 32.1. The Kier molecular flexibility index (Phi) is 6.72. The van der Waals surface area contributed by atoms with Crippen LogP contribution >= 0.6 is 22.7 Å². The van der Waals surface area contributed by atoms with Gasteiger partial charge in [-0.05, 0) is 23.9 Å². The van der Waals surface area contributed by atoms with Crippen LogP contribution in [0.2, 0.25) is 0 Å². The molecule has 1 aromatic carbocycles. The lowest BCUT2D eigenvalue weighted by Gasteiger charge is -2.11. The molecule has 2 N–H and O–H groups in total. The van der Waals surface area contributed by atoms with Crippen LogP contribution in [0.5, 0.6) is 0 Å². The first-order valence-corrected chi connectivity index (χ1v) is 11.9. The summed E-state index contributed by atoms with van der Waals surface area (Å²) in [4.78, 5) is 43.4. The predicted molar refractivity (Wildman–Crippen MR) is 126 cm³/mol. The number of aryl methyl sites for hydroxylation is 1. The number of fused-ring (bicyclic) bond motifs is 1. The molecule has 0 atom stereocenters. The summed E-state index contributed by atoms with van der Waals surface area (Å²) in [7, 11) is 0. The minimum atomic E-state index is -0.604. The number of hydrogen-bond acceptors (Lipinski definition) is 7. The van der Waals surface area contributed by atoms with E-state index in [1.165, 1.54) is 27.4 Å². The zero-order valence-corrected chi connectivity index (χ0v) is 19.0. The molecule has 0 aliphatic heterocycles. The Morgan fingerprint density at radius 3 is 2.53 bits per heavy atom. The highest BCUT2D eigenvalue weighted by Gasteiger charge is 2.18. The number of carbonyl (C=O) groups excluding carboxylic acids is 2. The van der Waals surface area contributed by atoms with Crippen molar-refractivity contribution in [3.8, 4) is 9.88 Å². The normalized spacial score (nSPS) is 10.9. The SMILES string of the molecule is CCCCCn1nc(C(=O)NNC(=O)c2csc(-c3cccs3)n2)c2ccccc2c1=O. The van der Waals surface area contributed by atoms with E-state index in [2.05, 4.69) is 27.9 Å². The maximum absolute atomic E-state index is 12.9. The molecule has 0 saturated heterocycles. The van der Waals surface area contributed by atoms with E-state index in [9.17, 15) is 14.4 Å². The summed E-state index contributed by atoms with van der Waals surface area (Å²) < 4.78 is 1.32. The summed E-state index contributed by atoms with van der Waals surface area (Å²) in [6.45, 7) is 2.50. The molecular weight excluding hydrogens is 446 g/mol. The molecule has 0 aliphatic carbocycles. The number of rotatable bonds is 7. The summed E-state index contributed by atoms with van der Waals surface area (Å²) >= 11 is 2.89. The van der Waals surface area contributed by atoms with Crippen molar-refractivity contribution >= 4 is 45.3 Å². The number of benzene rings is 1. The molecule has 8 nitrogen and oxygen atoms in total. The van der Waals surface area contributed by atoms with Crippen molar-refractivity contribution in [1.82, 2.24) is 25.6 Å². The number of hydrazine groups is 1. The summed E-state index contributed by atoms with van der Waals surface area (Å²) in [5.74, 6) is -1.13. The van der Waals surface area contributed by atoms with Gasteiger partial charge in [0, 0.05) is 17.3 Å². The van der Waals surface area contributed by atoms with Gasteiger partial charge in [0.1, 0.15) is 10.7 Å². The van der Waals surface area contributed by atoms with Gasteiger partial charge in [0.25, 0.3) is 17.4 Å². The minimum absolute atomic E-state index is 0.0783. The molecule has 3 aromatic heterocycles. The zero-order valence-electron chi connectivity index (χ0n) is 17.3. The van der Waals surface area contributed by atoms with E-state index in [1.54, 1.807) is 29.6 Å². The molecule has 4 rings (SSSR count). The predicted octanol–water partition coefficient (Wildman–Crippen LogP) is 3.85. The topological polar surface area (TPSA) is 106 Å². The Morgan fingerprint density at radius 2 is 1.78 bits per heavy atom. The molecule has 4 aromatic rings. The summed E-state index contributed by atoms with van der Waals surface area (Å²) in [5.41, 5.74) is 4.84. The second-order valence-corrected chi connectivity index (χ2v) is 8.86. The second-order valence-electron chi connectivity index (χ2n) is 7.05. The van der Waals surface area contributed by atoms with Gasteiger partial charge < -0.3 is 0 Å². The van der Waals surface area contributed by atoms with Gasteiger partial charge in [-0.2, -0.15) is 5.10 Å². The Balaban J connectivity index is 1.52. The number of aromatic nitrogens is 3. The van der Waals surface area contributed by atoms with E-state index in [0.29, 0.717) is 17.3 Å². The smallest absolute Gasteiger partial charge is 0.267 e. The molecule has 10 heteroatoms. The van der Waals surface area contributed by atoms with Crippen LogP contribution in [0, 0.1) is 0 Å². The minimum Gasteiger partial charge on any atom is -0.267 e. The highest BCUT2D eigenvalue weighted by Crippen LogP contribution is 2.27. The first kappa shape index (κ1) is 21.8. The molecule has 2 amide bonds. The van der Waals surface area contributed by atoms with Crippen LogP contribution in [-0.2, 0) is 6.54 Å². The molecule has 0 saturated carbocycles. The number of amides is 2. The van der Waals surface area contributed by atoms with E-state index in [1.807, 2.05) is 17.5 Å². The van der Waals surface area contributed by atoms with Crippen LogP contribution in [0.4, 0.5) is 0 Å². The first-order valence-electron chi connectivity index (χ1n) is 10.2. The largest absolute Gasteiger partial charge is 0.290 e. The maximum Gasteiger partial charge on any atom is 0.290 e. The molecule has 164 valence electrons. The van der Waals surface area contributed by atoms with Gasteiger partial charge in [0.2, 0.25) is 0 Å². The fraction of sp³-hybridized carbons (Fsp3) is 0.227. The quantitative estimate of drug-likeness (QED) is 0.317. The van der Waals surface area contributed by atoms with Crippen LogP contribution in [0.15, 0.2) is 52.0 Å². The number of carbonyl (C=O) groups is 2. The highest BCUT2D eigenvalue weighted by molar-refractivity contribution is 7.20. The zero-order chi connectivity index (χ0) is 22.5. The summed E-state index contributed by atoms with van der Waals surface area (Å²) in [5, 5.41) is 9.45. The molecule has 0 aliphatic rings. The van der Waals surface area contributed by atoms with Crippen LogP contribution < -0.4 is 16.4 Å². The van der Waals surface area contributed by atoms with Gasteiger partial charge in [0.05, 0.1) is 10.3 Å². The van der Waals surface area contributed by atoms with E-state index in [4.69, 9.17) is 0 Å². The number of hydrogen-bond donors (Lipinski definition) is 2. The van der Waals surface area contributed by atoms with Crippen LogP contribution in [-0.4, -0.2) is 26.6 Å². The molecular formula is C22H21N5O3S2. The summed E-state index contributed by atoms with van der Waals surface area (Å²) in [6, 6.07) is 10.7. The fourth-order valence-corrected chi connectivity index (χ4v) is 4.81. The van der Waals surface area contributed by atoms with Crippen molar-refractivity contribution in [2.45, 2.75) is 32.7 Å². The molecule has 0 fully saturated rings. The van der Waals surface area contributed by atoms with Gasteiger partial charge >= 0.3 is 0 Å². The number of nitrogens with zero attached hydrogens (tertiary/aromatic N) is 3. The van der Waals surface area contributed by atoms with E-state index in [0.717, 1.165) is 29.1 Å². The standard InChI is InChI=1S/C22H21N5O3S2/c1-2-3-6-11-27-22(30)15-9-5-4-8-14(15)18(26-27)20(29)25-24-19(28)16-13-32-21(23-16)17-10-7-12-31-17/h4-5,7-10,12-13H,2-3,6,11H2,1H3,(H,24,28)(H,25,29). The lowest BCUT2D eigenvalue weighted by molar-refractivity contribution is 0.0841. The van der Waals surface area contributed by atoms with Gasteiger partial charge in [0.15, 0.2) is 5.69 Å². The van der Waals surface area contributed by atoms with Gasteiger partial charge in [-0.3, -0.25) is 25.2 Å². The molecule has 0 spiro atoms. The van der Waals surface area contributed by atoms with Crippen molar-refractivity contribution in [2.75, 3.05) is 0 Å². The molecule has 32 heavy (non-hydrogen) atoms. The van der Waals surface area contributed by atoms with Crippen molar-refractivity contribution in [1.29, 1.82) is 0 Å². The molecule has 0 radical (unpaired) electrons. The Labute approximate surface area is 191 Å². The average Bonchev–Trinajstić information content (AvgIpc) is 3.51. The van der Waals surface area contributed by atoms with Crippen LogP contribution in [0.1, 0.15) is 47.2 Å². The Morgan fingerprint density at radius 1 is 1.00 bits per heavy atom. The number of nitrogens with one attached hydrogen (secondary N) is 2. The maximum atomic E-state index is 12.9. The van der Waals surface area contributed by atoms with Crippen LogP contribution in [0.3, 0.4) is 0 Å². The Bertz CT molecular complexity index is 1310. The van der Waals surface area contributed by atoms with E-state index >= 15 is 0 Å². The number of thiazole rings is 1. The van der Waals surface area contributed by atoms with Crippen molar-refractivity contribution in [3.05, 3.63) is 68.9 Å². The third-order valence-electron chi connectivity index (χ3n) is 4.81. The van der Waals surface area contributed by atoms with Crippen molar-refractivity contribution < 1.29 is 9.59 Å². The van der Waals surface area contributed by atoms with Gasteiger partial charge in [-0.15, -0.1) is 22.7 Å². The molecule has 0 bridgehead atoms. The fourth-order valence-electron chi connectivity index (χ4n) is 3.19. The van der Waals surface area contributed by atoms with Gasteiger partial charge in [-0.1, -0.05) is 44.0 Å².